The van der Waals surface area contributed by atoms with Crippen molar-refractivity contribution in [3.63, 3.8) is 0 Å². The molecular weight excluding hydrogens is 680 g/mol. The largest absolute Gasteiger partial charge is 0.394 e. The zero-order valence-electron chi connectivity index (χ0n) is 28.4. The van der Waals surface area contributed by atoms with Gasteiger partial charge in [-0.1, -0.05) is 0 Å². The molecule has 294 valence electrons. The molecule has 17 nitrogen and oxygen atoms in total. The Bertz CT molecular complexity index is 1140. The fraction of sp³-hybridized carbons (Fsp3) is 1.00. The molecule has 11 N–H and O–H groups in total. The van der Waals surface area contributed by atoms with E-state index >= 15 is 0 Å². The molecule has 7 fully saturated rings. The SMILES string of the molecule is OC[C@H]1O[C@@H](OC2C3CC(C4CCC(O)C(O)C4)OC4CC(O)CC(OC2C2CCC(O)C(O)C2)C43)[C@H](O[C@@H]2OC[C@@H](O)[C@H](O)[C@H]2O)[C@@H](O)[C@H]1O. The molecule has 0 aromatic heterocycles. The van der Waals surface area contributed by atoms with Crippen LogP contribution in [0.4, 0.5) is 0 Å². The van der Waals surface area contributed by atoms with E-state index in [0.717, 1.165) is 0 Å². The van der Waals surface area contributed by atoms with Gasteiger partial charge in [0.1, 0.15) is 42.7 Å². The second kappa shape index (κ2) is 15.8. The van der Waals surface area contributed by atoms with Crippen molar-refractivity contribution in [2.24, 2.45) is 23.7 Å². The molecule has 51 heavy (non-hydrogen) atoms. The molecular formula is C34H56O17. The van der Waals surface area contributed by atoms with E-state index in [-0.39, 0.29) is 42.8 Å². The third-order valence-electron chi connectivity index (χ3n) is 12.8. The molecule has 3 saturated carbocycles. The zero-order chi connectivity index (χ0) is 36.3. The van der Waals surface area contributed by atoms with Gasteiger partial charge in [-0.25, -0.2) is 0 Å². The minimum absolute atomic E-state index is 0.0973. The average Bonchev–Trinajstić information content (AvgIpc) is 3.10. The molecule has 4 heterocycles. The first-order valence-electron chi connectivity index (χ1n) is 18.6. The molecule has 0 bridgehead atoms. The molecule has 7 rings (SSSR count). The van der Waals surface area contributed by atoms with E-state index in [1.165, 1.54) is 0 Å². The smallest absolute Gasteiger partial charge is 0.187 e. The van der Waals surface area contributed by atoms with E-state index in [0.29, 0.717) is 51.4 Å². The fourth-order valence-corrected chi connectivity index (χ4v) is 9.95. The molecule has 0 aromatic carbocycles. The maximum Gasteiger partial charge on any atom is 0.187 e. The van der Waals surface area contributed by atoms with Crippen molar-refractivity contribution >= 4 is 0 Å². The minimum atomic E-state index is -1.73. The van der Waals surface area contributed by atoms with Crippen molar-refractivity contribution in [1.82, 2.24) is 0 Å². The Morgan fingerprint density at radius 2 is 1.14 bits per heavy atom. The van der Waals surface area contributed by atoms with E-state index in [9.17, 15) is 56.2 Å². The second-order valence-electron chi connectivity index (χ2n) is 16.0. The Morgan fingerprint density at radius 1 is 0.510 bits per heavy atom. The van der Waals surface area contributed by atoms with Crippen molar-refractivity contribution < 1.29 is 84.6 Å². The predicted octanol–water partition coefficient (Wildman–Crippen LogP) is -4.01. The fourth-order valence-electron chi connectivity index (χ4n) is 9.95. The van der Waals surface area contributed by atoms with Crippen LogP contribution in [0.5, 0.6) is 0 Å². The van der Waals surface area contributed by atoms with Crippen LogP contribution < -0.4 is 0 Å². The number of hydrogen-bond acceptors (Lipinski definition) is 17. The van der Waals surface area contributed by atoms with Crippen LogP contribution in [-0.4, -0.2) is 186 Å². The summed E-state index contributed by atoms with van der Waals surface area (Å²) in [4.78, 5) is 0. The molecule has 0 spiro atoms. The highest BCUT2D eigenvalue weighted by molar-refractivity contribution is 5.07. The monoisotopic (exact) mass is 736 g/mol. The molecule has 3 aliphatic carbocycles. The van der Waals surface area contributed by atoms with Crippen LogP contribution in [0.15, 0.2) is 0 Å². The third kappa shape index (κ3) is 7.63. The van der Waals surface area contributed by atoms with Crippen molar-refractivity contribution in [2.45, 2.75) is 174 Å². The minimum Gasteiger partial charge on any atom is -0.394 e. The van der Waals surface area contributed by atoms with E-state index in [1.807, 2.05) is 0 Å². The lowest BCUT2D eigenvalue weighted by Gasteiger charge is -2.59. The van der Waals surface area contributed by atoms with Gasteiger partial charge in [0.2, 0.25) is 0 Å². The summed E-state index contributed by atoms with van der Waals surface area (Å²) in [7, 11) is 0. The molecule has 0 aromatic rings. The summed E-state index contributed by atoms with van der Waals surface area (Å²) in [5.41, 5.74) is 0. The Kier molecular flexibility index (Phi) is 12.0. The van der Waals surface area contributed by atoms with Crippen LogP contribution in [0.1, 0.15) is 57.8 Å². The van der Waals surface area contributed by atoms with Crippen LogP contribution in [0.3, 0.4) is 0 Å². The standard InChI is InChI=1S/C34H56O17/c35-10-24-27(43)28(44)32(51-33-29(45)26(42)20(41)11-46-33)34(49-24)50-31-15-9-21(12-1-3-16(37)18(39)5-12)47-22-7-14(36)8-23(25(15)22)48-30(31)13-2-4-17(38)19(40)6-13/h12-45H,1-11H2/t12?,13?,14?,15?,16?,17?,18?,19?,20-,21?,22?,23?,24-,25?,26+,27+,28+,29-,30?,31?,32-,33+,34+/m1/s1. The molecule has 0 amide bonds. The van der Waals surface area contributed by atoms with Crippen molar-refractivity contribution in [1.29, 1.82) is 0 Å². The average molecular weight is 737 g/mol. The lowest BCUT2D eigenvalue weighted by atomic mass is 9.63. The van der Waals surface area contributed by atoms with Gasteiger partial charge in [0.25, 0.3) is 0 Å². The van der Waals surface area contributed by atoms with Gasteiger partial charge in [-0.3, -0.25) is 0 Å². The Morgan fingerprint density at radius 3 is 1.80 bits per heavy atom. The number of rotatable bonds is 7. The lowest BCUT2D eigenvalue weighted by Crippen LogP contribution is -2.67. The summed E-state index contributed by atoms with van der Waals surface area (Å²) >= 11 is 0. The number of aliphatic hydroxyl groups excluding tert-OH is 11. The number of hydrogen-bond donors (Lipinski definition) is 11. The first-order chi connectivity index (χ1) is 24.3. The predicted molar refractivity (Wildman–Crippen MR) is 168 cm³/mol. The van der Waals surface area contributed by atoms with Gasteiger partial charge in [0, 0.05) is 5.92 Å². The van der Waals surface area contributed by atoms with Gasteiger partial charge in [-0.05, 0) is 75.5 Å². The number of aliphatic hydroxyl groups is 11. The summed E-state index contributed by atoms with van der Waals surface area (Å²) in [6.07, 6.45) is -17.7. The highest BCUT2D eigenvalue weighted by Gasteiger charge is 2.60. The zero-order valence-corrected chi connectivity index (χ0v) is 28.4. The van der Waals surface area contributed by atoms with Gasteiger partial charge < -0.3 is 84.6 Å². The van der Waals surface area contributed by atoms with Crippen molar-refractivity contribution in [3.05, 3.63) is 0 Å². The summed E-state index contributed by atoms with van der Waals surface area (Å²) in [6, 6.07) is 0. The molecule has 23 atom stereocenters. The Labute approximate surface area is 295 Å². The van der Waals surface area contributed by atoms with Gasteiger partial charge in [-0.2, -0.15) is 0 Å². The third-order valence-corrected chi connectivity index (χ3v) is 12.8. The van der Waals surface area contributed by atoms with Gasteiger partial charge in [0.15, 0.2) is 12.6 Å². The maximum absolute atomic E-state index is 11.3. The van der Waals surface area contributed by atoms with Crippen molar-refractivity contribution in [3.8, 4) is 0 Å². The van der Waals surface area contributed by atoms with Crippen LogP contribution in [0.2, 0.25) is 0 Å². The number of ether oxygens (including phenoxy) is 6. The topological polar surface area (TPSA) is 278 Å². The van der Waals surface area contributed by atoms with Gasteiger partial charge in [0.05, 0.1) is 74.3 Å². The van der Waals surface area contributed by atoms with Gasteiger partial charge >= 0.3 is 0 Å². The van der Waals surface area contributed by atoms with E-state index < -0.39 is 117 Å². The summed E-state index contributed by atoms with van der Waals surface area (Å²) in [5.74, 6) is -0.976. The van der Waals surface area contributed by atoms with Gasteiger partial charge in [-0.15, -0.1) is 0 Å². The molecule has 4 saturated heterocycles. The molecule has 0 radical (unpaired) electrons. The normalized spacial score (nSPS) is 56.6. The maximum atomic E-state index is 11.3. The van der Waals surface area contributed by atoms with E-state index in [1.54, 1.807) is 0 Å². The molecule has 7 aliphatic rings. The molecule has 4 aliphatic heterocycles. The van der Waals surface area contributed by atoms with E-state index in [2.05, 4.69) is 0 Å². The van der Waals surface area contributed by atoms with Crippen LogP contribution in [0, 0.1) is 23.7 Å². The Balaban J connectivity index is 1.22. The first-order valence-corrected chi connectivity index (χ1v) is 18.6. The first kappa shape index (κ1) is 38.6. The van der Waals surface area contributed by atoms with E-state index in [4.69, 9.17) is 28.4 Å². The lowest BCUT2D eigenvalue weighted by molar-refractivity contribution is -0.380. The highest BCUT2D eigenvalue weighted by Crippen LogP contribution is 2.52. The summed E-state index contributed by atoms with van der Waals surface area (Å²) in [6.45, 7) is -1.07. The summed E-state index contributed by atoms with van der Waals surface area (Å²) < 4.78 is 37.8. The van der Waals surface area contributed by atoms with Crippen molar-refractivity contribution in [2.75, 3.05) is 13.2 Å². The van der Waals surface area contributed by atoms with Crippen LogP contribution in [0.25, 0.3) is 0 Å². The quantitative estimate of drug-likeness (QED) is 0.119. The highest BCUT2D eigenvalue weighted by atomic mass is 16.8. The molecule has 17 heteroatoms. The Hall–Kier alpha value is -0.680. The summed E-state index contributed by atoms with van der Waals surface area (Å²) in [5, 5.41) is 116. The molecule has 14 unspecified atom stereocenters. The van der Waals surface area contributed by atoms with Crippen LogP contribution in [-0.2, 0) is 28.4 Å². The second-order valence-corrected chi connectivity index (χ2v) is 16.0. The van der Waals surface area contributed by atoms with Crippen LogP contribution >= 0.6 is 0 Å².